The van der Waals surface area contributed by atoms with Crippen molar-refractivity contribution >= 4 is 5.91 Å². The predicted octanol–water partition coefficient (Wildman–Crippen LogP) is 2.13. The molecule has 0 atom stereocenters. The van der Waals surface area contributed by atoms with E-state index >= 15 is 0 Å². The Balaban J connectivity index is 3.08. The summed E-state index contributed by atoms with van der Waals surface area (Å²) in [6.45, 7) is 7.40. The molecule has 0 spiro atoms. The van der Waals surface area contributed by atoms with Crippen LogP contribution in [-0.4, -0.2) is 38.9 Å². The first kappa shape index (κ1) is 16.4. The molecule has 1 N–H and O–H groups in total. The van der Waals surface area contributed by atoms with E-state index in [4.69, 9.17) is 9.47 Å². The molecule has 0 aromatic carbocycles. The Morgan fingerprint density at radius 2 is 1.65 bits per heavy atom. The average molecular weight is 245 g/mol. The fourth-order valence-electron chi connectivity index (χ4n) is 1.35. The van der Waals surface area contributed by atoms with Crippen molar-refractivity contribution < 1.29 is 14.3 Å². The molecule has 4 heteroatoms. The molecular weight excluding hydrogens is 218 g/mol. The van der Waals surface area contributed by atoms with Gasteiger partial charge in [-0.3, -0.25) is 4.79 Å². The second-order valence-corrected chi connectivity index (χ2v) is 4.03. The molecule has 0 saturated heterocycles. The fraction of sp³-hybridized carbons (Fsp3) is 0.923. The van der Waals surface area contributed by atoms with Crippen LogP contribution in [0.3, 0.4) is 0 Å². The maximum absolute atomic E-state index is 11.3. The smallest absolute Gasteiger partial charge is 0.220 e. The maximum atomic E-state index is 11.3. The lowest BCUT2D eigenvalue weighted by Gasteiger charge is -2.06. The van der Waals surface area contributed by atoms with E-state index in [0.717, 1.165) is 32.3 Å². The van der Waals surface area contributed by atoms with Crippen molar-refractivity contribution in [3.63, 3.8) is 0 Å². The van der Waals surface area contributed by atoms with E-state index in [0.29, 0.717) is 32.8 Å². The van der Waals surface area contributed by atoms with Crippen LogP contribution in [0.4, 0.5) is 0 Å². The van der Waals surface area contributed by atoms with Gasteiger partial charge in [-0.15, -0.1) is 0 Å². The van der Waals surface area contributed by atoms with Crippen LogP contribution in [-0.2, 0) is 14.3 Å². The van der Waals surface area contributed by atoms with Gasteiger partial charge in [0.1, 0.15) is 0 Å². The molecule has 0 radical (unpaired) electrons. The molecule has 1 amide bonds. The standard InChI is InChI=1S/C13H27NO3/c1-3-5-6-7-13(15)14-8-10-17-12-11-16-9-4-2/h3-12H2,1-2H3,(H,14,15). The Hall–Kier alpha value is -0.610. The predicted molar refractivity (Wildman–Crippen MR) is 69.1 cm³/mol. The van der Waals surface area contributed by atoms with Gasteiger partial charge in [0.05, 0.1) is 19.8 Å². The lowest BCUT2D eigenvalue weighted by Crippen LogP contribution is -2.27. The van der Waals surface area contributed by atoms with Crippen LogP contribution >= 0.6 is 0 Å². The second-order valence-electron chi connectivity index (χ2n) is 4.03. The molecule has 0 aliphatic rings. The summed E-state index contributed by atoms with van der Waals surface area (Å²) in [6, 6.07) is 0. The van der Waals surface area contributed by atoms with E-state index in [1.807, 2.05) is 0 Å². The van der Waals surface area contributed by atoms with E-state index in [1.54, 1.807) is 0 Å². The number of carbonyl (C=O) groups excluding carboxylic acids is 1. The third-order valence-electron chi connectivity index (χ3n) is 2.30. The molecule has 0 bridgehead atoms. The first-order valence-corrected chi connectivity index (χ1v) is 6.73. The summed E-state index contributed by atoms with van der Waals surface area (Å²) in [5, 5.41) is 2.84. The summed E-state index contributed by atoms with van der Waals surface area (Å²) in [5.41, 5.74) is 0. The summed E-state index contributed by atoms with van der Waals surface area (Å²) >= 11 is 0. The molecule has 0 saturated carbocycles. The van der Waals surface area contributed by atoms with Crippen LogP contribution in [0.1, 0.15) is 46.0 Å². The van der Waals surface area contributed by atoms with Gasteiger partial charge < -0.3 is 14.8 Å². The first-order valence-electron chi connectivity index (χ1n) is 6.73. The zero-order valence-corrected chi connectivity index (χ0v) is 11.3. The summed E-state index contributed by atoms with van der Waals surface area (Å²) in [5.74, 6) is 0.129. The van der Waals surface area contributed by atoms with Crippen molar-refractivity contribution in [3.05, 3.63) is 0 Å². The normalized spacial score (nSPS) is 10.5. The minimum absolute atomic E-state index is 0.129. The SMILES string of the molecule is CCCCCC(=O)NCCOCCOCCC. The van der Waals surface area contributed by atoms with Crippen LogP contribution in [0, 0.1) is 0 Å². The van der Waals surface area contributed by atoms with Gasteiger partial charge in [-0.05, 0) is 12.8 Å². The number of hydrogen-bond donors (Lipinski definition) is 1. The Labute approximate surface area is 105 Å². The van der Waals surface area contributed by atoms with Gasteiger partial charge in [-0.2, -0.15) is 0 Å². The van der Waals surface area contributed by atoms with Gasteiger partial charge in [-0.25, -0.2) is 0 Å². The quantitative estimate of drug-likeness (QED) is 0.536. The Morgan fingerprint density at radius 1 is 0.941 bits per heavy atom. The number of unbranched alkanes of at least 4 members (excludes halogenated alkanes) is 2. The maximum Gasteiger partial charge on any atom is 0.220 e. The number of carbonyl (C=O) groups is 1. The Morgan fingerprint density at radius 3 is 2.29 bits per heavy atom. The van der Waals surface area contributed by atoms with Crippen LogP contribution in [0.25, 0.3) is 0 Å². The van der Waals surface area contributed by atoms with E-state index in [1.165, 1.54) is 0 Å². The van der Waals surface area contributed by atoms with Crippen LogP contribution in [0.2, 0.25) is 0 Å². The lowest BCUT2D eigenvalue weighted by atomic mass is 10.2. The van der Waals surface area contributed by atoms with Crippen molar-refractivity contribution in [2.75, 3.05) is 33.0 Å². The van der Waals surface area contributed by atoms with Gasteiger partial charge in [0, 0.05) is 19.6 Å². The number of hydrogen-bond acceptors (Lipinski definition) is 3. The minimum atomic E-state index is 0.129. The minimum Gasteiger partial charge on any atom is -0.379 e. The highest BCUT2D eigenvalue weighted by Gasteiger charge is 1.99. The summed E-state index contributed by atoms with van der Waals surface area (Å²) < 4.78 is 10.6. The fourth-order valence-corrected chi connectivity index (χ4v) is 1.35. The Kier molecular flexibility index (Phi) is 13.0. The summed E-state index contributed by atoms with van der Waals surface area (Å²) in [7, 11) is 0. The molecule has 4 nitrogen and oxygen atoms in total. The second kappa shape index (κ2) is 13.5. The lowest BCUT2D eigenvalue weighted by molar-refractivity contribution is -0.121. The largest absolute Gasteiger partial charge is 0.379 e. The highest BCUT2D eigenvalue weighted by Crippen LogP contribution is 1.97. The van der Waals surface area contributed by atoms with Crippen LogP contribution in [0.5, 0.6) is 0 Å². The molecular formula is C13H27NO3. The van der Waals surface area contributed by atoms with Crippen molar-refractivity contribution in [1.29, 1.82) is 0 Å². The molecule has 0 aromatic rings. The monoisotopic (exact) mass is 245 g/mol. The summed E-state index contributed by atoms with van der Waals surface area (Å²) in [6.07, 6.45) is 4.92. The molecule has 0 rings (SSSR count). The average Bonchev–Trinajstić information content (AvgIpc) is 2.33. The van der Waals surface area contributed by atoms with E-state index in [9.17, 15) is 4.79 Å². The molecule has 102 valence electrons. The number of ether oxygens (including phenoxy) is 2. The summed E-state index contributed by atoms with van der Waals surface area (Å²) in [4.78, 5) is 11.3. The molecule has 0 heterocycles. The zero-order chi connectivity index (χ0) is 12.8. The van der Waals surface area contributed by atoms with E-state index < -0.39 is 0 Å². The van der Waals surface area contributed by atoms with E-state index in [2.05, 4.69) is 19.2 Å². The third-order valence-corrected chi connectivity index (χ3v) is 2.30. The van der Waals surface area contributed by atoms with E-state index in [-0.39, 0.29) is 5.91 Å². The number of rotatable bonds is 12. The zero-order valence-electron chi connectivity index (χ0n) is 11.3. The number of amides is 1. The van der Waals surface area contributed by atoms with Gasteiger partial charge in [-0.1, -0.05) is 26.7 Å². The van der Waals surface area contributed by atoms with Gasteiger partial charge in [0.15, 0.2) is 0 Å². The van der Waals surface area contributed by atoms with Crippen LogP contribution < -0.4 is 5.32 Å². The van der Waals surface area contributed by atoms with Gasteiger partial charge in [0.25, 0.3) is 0 Å². The molecule has 0 fully saturated rings. The molecule has 17 heavy (non-hydrogen) atoms. The van der Waals surface area contributed by atoms with Gasteiger partial charge in [0.2, 0.25) is 5.91 Å². The van der Waals surface area contributed by atoms with Crippen molar-refractivity contribution in [1.82, 2.24) is 5.32 Å². The third kappa shape index (κ3) is 13.3. The molecule has 0 aliphatic carbocycles. The van der Waals surface area contributed by atoms with Crippen molar-refractivity contribution in [2.24, 2.45) is 0 Å². The van der Waals surface area contributed by atoms with Gasteiger partial charge >= 0.3 is 0 Å². The van der Waals surface area contributed by atoms with Crippen molar-refractivity contribution in [2.45, 2.75) is 46.0 Å². The number of nitrogens with one attached hydrogen (secondary N) is 1. The topological polar surface area (TPSA) is 47.6 Å². The first-order chi connectivity index (χ1) is 8.31. The molecule has 0 aliphatic heterocycles. The molecule has 0 unspecified atom stereocenters. The van der Waals surface area contributed by atoms with Crippen molar-refractivity contribution in [3.8, 4) is 0 Å². The highest BCUT2D eigenvalue weighted by atomic mass is 16.5. The Bertz CT molecular complexity index is 174. The van der Waals surface area contributed by atoms with Crippen LogP contribution in [0.15, 0.2) is 0 Å². The highest BCUT2D eigenvalue weighted by molar-refractivity contribution is 5.75. The molecule has 0 aromatic heterocycles.